The van der Waals surface area contributed by atoms with Crippen LogP contribution in [0.25, 0.3) is 0 Å². The number of amides is 2. The lowest BCUT2D eigenvalue weighted by Gasteiger charge is -2.11. The number of rotatable bonds is 6. The largest absolute Gasteiger partial charge is 0.352 e. The minimum Gasteiger partial charge on any atom is -0.352 e. The second-order valence-corrected chi connectivity index (χ2v) is 7.26. The first kappa shape index (κ1) is 20.3. The highest BCUT2D eigenvalue weighted by atomic mass is 127. The highest BCUT2D eigenvalue weighted by Gasteiger charge is 2.10. The van der Waals surface area contributed by atoms with Crippen LogP contribution in [0.4, 0.5) is 5.69 Å². The van der Waals surface area contributed by atoms with Crippen LogP contribution >= 0.6 is 34.8 Å². The van der Waals surface area contributed by atoms with E-state index in [1.807, 2.05) is 12.1 Å². The molecule has 0 aliphatic carbocycles. The molecule has 0 saturated heterocycles. The lowest BCUT2D eigenvalue weighted by Crippen LogP contribution is -2.34. The van der Waals surface area contributed by atoms with E-state index in [2.05, 4.69) is 45.5 Å². The molecule has 2 aromatic rings. The van der Waals surface area contributed by atoms with E-state index in [0.29, 0.717) is 23.4 Å². The van der Waals surface area contributed by atoms with E-state index in [9.17, 15) is 9.59 Å². The van der Waals surface area contributed by atoms with Gasteiger partial charge in [0.2, 0.25) is 0 Å². The molecule has 0 heterocycles. The molecule has 7 heteroatoms. The Balaban J connectivity index is 1.95. The Labute approximate surface area is 172 Å². The first-order chi connectivity index (χ1) is 12.5. The van der Waals surface area contributed by atoms with Crippen LogP contribution in [-0.2, 0) is 0 Å². The van der Waals surface area contributed by atoms with Crippen molar-refractivity contribution in [2.45, 2.75) is 19.8 Å². The smallest absolute Gasteiger partial charge is 0.257 e. The SMILES string of the molecule is CCCCNC(=O)c1cccc(NC(=S)NC(=O)c2cccc(I)c2)c1. The van der Waals surface area contributed by atoms with Gasteiger partial charge in [-0.1, -0.05) is 25.5 Å². The van der Waals surface area contributed by atoms with Crippen molar-refractivity contribution >= 4 is 57.4 Å². The van der Waals surface area contributed by atoms with Crippen molar-refractivity contribution < 1.29 is 9.59 Å². The van der Waals surface area contributed by atoms with Crippen LogP contribution in [0.15, 0.2) is 48.5 Å². The van der Waals surface area contributed by atoms with Gasteiger partial charge in [-0.3, -0.25) is 14.9 Å². The van der Waals surface area contributed by atoms with Crippen molar-refractivity contribution in [1.29, 1.82) is 0 Å². The second kappa shape index (κ2) is 10.2. The maximum atomic E-state index is 12.2. The van der Waals surface area contributed by atoms with Crippen molar-refractivity contribution in [1.82, 2.24) is 10.6 Å². The van der Waals surface area contributed by atoms with Crippen LogP contribution in [0, 0.1) is 3.57 Å². The van der Waals surface area contributed by atoms with Gasteiger partial charge in [0.25, 0.3) is 11.8 Å². The molecular weight excluding hydrogens is 461 g/mol. The molecule has 2 rings (SSSR count). The molecule has 0 saturated carbocycles. The summed E-state index contributed by atoms with van der Waals surface area (Å²) >= 11 is 7.34. The number of carbonyl (C=O) groups excluding carboxylic acids is 2. The predicted octanol–water partition coefficient (Wildman–Crippen LogP) is 3.95. The summed E-state index contributed by atoms with van der Waals surface area (Å²) in [5, 5.41) is 8.62. The van der Waals surface area contributed by atoms with Crippen molar-refractivity contribution in [2.75, 3.05) is 11.9 Å². The quantitative estimate of drug-likeness (QED) is 0.332. The third-order valence-corrected chi connectivity index (χ3v) is 4.39. The highest BCUT2D eigenvalue weighted by Crippen LogP contribution is 2.11. The molecule has 2 aromatic carbocycles. The van der Waals surface area contributed by atoms with E-state index < -0.39 is 0 Å². The van der Waals surface area contributed by atoms with Gasteiger partial charge >= 0.3 is 0 Å². The molecule has 0 aliphatic rings. The van der Waals surface area contributed by atoms with Gasteiger partial charge in [0.15, 0.2) is 5.11 Å². The van der Waals surface area contributed by atoms with Crippen LogP contribution in [0.2, 0.25) is 0 Å². The number of thiocarbonyl (C=S) groups is 1. The highest BCUT2D eigenvalue weighted by molar-refractivity contribution is 14.1. The van der Waals surface area contributed by atoms with Gasteiger partial charge in [-0.25, -0.2) is 0 Å². The number of unbranched alkanes of at least 4 members (excludes halogenated alkanes) is 1. The maximum Gasteiger partial charge on any atom is 0.257 e. The van der Waals surface area contributed by atoms with Crippen LogP contribution in [0.1, 0.15) is 40.5 Å². The van der Waals surface area contributed by atoms with Crippen molar-refractivity contribution in [3.05, 3.63) is 63.2 Å². The first-order valence-electron chi connectivity index (χ1n) is 8.25. The lowest BCUT2D eigenvalue weighted by molar-refractivity contribution is 0.0950. The molecule has 2 amide bonds. The molecule has 0 aliphatic heterocycles. The fraction of sp³-hybridized carbons (Fsp3) is 0.211. The number of hydrogen-bond acceptors (Lipinski definition) is 3. The minimum absolute atomic E-state index is 0.129. The number of anilines is 1. The molecule has 136 valence electrons. The molecule has 0 atom stereocenters. The van der Waals surface area contributed by atoms with Gasteiger partial charge < -0.3 is 10.6 Å². The third-order valence-electron chi connectivity index (χ3n) is 3.51. The van der Waals surface area contributed by atoms with E-state index in [4.69, 9.17) is 12.2 Å². The van der Waals surface area contributed by atoms with Gasteiger partial charge in [-0.15, -0.1) is 0 Å². The normalized spacial score (nSPS) is 10.1. The lowest BCUT2D eigenvalue weighted by atomic mass is 10.2. The summed E-state index contributed by atoms with van der Waals surface area (Å²) in [6.07, 6.45) is 1.97. The van der Waals surface area contributed by atoms with Crippen LogP contribution < -0.4 is 16.0 Å². The summed E-state index contributed by atoms with van der Waals surface area (Å²) in [5.74, 6) is -0.412. The number of benzene rings is 2. The molecule has 0 aromatic heterocycles. The van der Waals surface area contributed by atoms with Gasteiger partial charge in [-0.2, -0.15) is 0 Å². The molecule has 0 spiro atoms. The van der Waals surface area contributed by atoms with Gasteiger partial charge in [0, 0.05) is 26.9 Å². The van der Waals surface area contributed by atoms with Crippen molar-refractivity contribution in [3.63, 3.8) is 0 Å². The Morgan fingerprint density at radius 2 is 1.73 bits per heavy atom. The Bertz CT molecular complexity index is 811. The van der Waals surface area contributed by atoms with E-state index in [-0.39, 0.29) is 16.9 Å². The Hall–Kier alpha value is -2.00. The summed E-state index contributed by atoms with van der Waals surface area (Å²) in [5.41, 5.74) is 1.71. The Kier molecular flexibility index (Phi) is 7.99. The van der Waals surface area contributed by atoms with Crippen molar-refractivity contribution in [2.24, 2.45) is 0 Å². The third kappa shape index (κ3) is 6.38. The standard InChI is InChI=1S/C19H20IN3O2S/c1-2-3-10-21-17(24)14-7-5-9-16(12-14)22-19(26)23-18(25)13-6-4-8-15(20)11-13/h4-9,11-12H,2-3,10H2,1H3,(H,21,24)(H2,22,23,25,26). The first-order valence-corrected chi connectivity index (χ1v) is 9.74. The summed E-state index contributed by atoms with van der Waals surface area (Å²) in [6.45, 7) is 2.72. The molecule has 5 nitrogen and oxygen atoms in total. The van der Waals surface area contributed by atoms with Crippen molar-refractivity contribution in [3.8, 4) is 0 Å². The monoisotopic (exact) mass is 481 g/mol. The second-order valence-electron chi connectivity index (χ2n) is 5.61. The average Bonchev–Trinajstić information content (AvgIpc) is 2.62. The molecular formula is C19H20IN3O2S. The fourth-order valence-electron chi connectivity index (χ4n) is 2.19. The zero-order chi connectivity index (χ0) is 18.9. The summed E-state index contributed by atoms with van der Waals surface area (Å²) < 4.78 is 0.968. The van der Waals surface area contributed by atoms with Crippen LogP contribution in [0.5, 0.6) is 0 Å². The summed E-state index contributed by atoms with van der Waals surface area (Å²) in [4.78, 5) is 24.3. The minimum atomic E-state index is -0.283. The average molecular weight is 481 g/mol. The Morgan fingerprint density at radius 3 is 2.42 bits per heavy atom. The molecule has 0 radical (unpaired) electrons. The zero-order valence-corrected chi connectivity index (χ0v) is 17.3. The van der Waals surface area contributed by atoms with E-state index >= 15 is 0 Å². The number of hydrogen-bond donors (Lipinski definition) is 3. The van der Waals surface area contributed by atoms with Gasteiger partial charge in [0.1, 0.15) is 0 Å². The summed E-state index contributed by atoms with van der Waals surface area (Å²) in [6, 6.07) is 14.2. The summed E-state index contributed by atoms with van der Waals surface area (Å²) in [7, 11) is 0. The van der Waals surface area contributed by atoms with Gasteiger partial charge in [0.05, 0.1) is 0 Å². The maximum absolute atomic E-state index is 12.2. The number of carbonyl (C=O) groups is 2. The van der Waals surface area contributed by atoms with Gasteiger partial charge in [-0.05, 0) is 77.6 Å². The molecule has 0 fully saturated rings. The topological polar surface area (TPSA) is 70.2 Å². The number of halogens is 1. The predicted molar refractivity (Wildman–Crippen MR) is 117 cm³/mol. The zero-order valence-electron chi connectivity index (χ0n) is 14.3. The molecule has 0 unspecified atom stereocenters. The van der Waals surface area contributed by atoms with E-state index in [0.717, 1.165) is 16.4 Å². The molecule has 0 bridgehead atoms. The van der Waals surface area contributed by atoms with E-state index in [1.54, 1.807) is 36.4 Å². The van der Waals surface area contributed by atoms with Crippen LogP contribution in [-0.4, -0.2) is 23.5 Å². The van der Waals surface area contributed by atoms with E-state index in [1.165, 1.54) is 0 Å². The molecule has 26 heavy (non-hydrogen) atoms. The number of nitrogens with one attached hydrogen (secondary N) is 3. The molecule has 3 N–H and O–H groups in total. The van der Waals surface area contributed by atoms with Crippen LogP contribution in [0.3, 0.4) is 0 Å². The fourth-order valence-corrected chi connectivity index (χ4v) is 2.94. The Morgan fingerprint density at radius 1 is 1.04 bits per heavy atom.